The van der Waals surface area contributed by atoms with Crippen molar-refractivity contribution in [2.75, 3.05) is 16.4 Å². The molecule has 0 aliphatic carbocycles. The molecule has 0 heterocycles. The van der Waals surface area contributed by atoms with Crippen LogP contribution in [0.5, 0.6) is 0 Å². The largest absolute Gasteiger partial charge is 0.326 e. The monoisotopic (exact) mass is 370 g/mol. The van der Waals surface area contributed by atoms with Crippen molar-refractivity contribution in [3.8, 4) is 0 Å². The van der Waals surface area contributed by atoms with Gasteiger partial charge in [-0.15, -0.1) is 11.8 Å². The quantitative estimate of drug-likeness (QED) is 0.590. The van der Waals surface area contributed by atoms with Gasteiger partial charge < -0.3 is 10.6 Å². The first-order valence-electron chi connectivity index (χ1n) is 8.18. The van der Waals surface area contributed by atoms with E-state index < -0.39 is 0 Å². The van der Waals surface area contributed by atoms with E-state index in [1.807, 2.05) is 26.0 Å². The van der Waals surface area contributed by atoms with E-state index in [0.717, 1.165) is 4.90 Å². The van der Waals surface area contributed by atoms with E-state index in [9.17, 15) is 14.4 Å². The molecular formula is C20H22N2O3S. The Morgan fingerprint density at radius 1 is 0.885 bits per heavy atom. The van der Waals surface area contributed by atoms with Crippen LogP contribution in [0.4, 0.5) is 11.4 Å². The van der Waals surface area contributed by atoms with Crippen LogP contribution in [-0.4, -0.2) is 23.4 Å². The summed E-state index contributed by atoms with van der Waals surface area (Å²) in [6, 6.07) is 11.0. The second-order valence-electron chi connectivity index (χ2n) is 6.08. The minimum absolute atomic E-state index is 0.0913. The number of aryl methyl sites for hydroxylation is 2. The van der Waals surface area contributed by atoms with E-state index in [1.165, 1.54) is 36.7 Å². The molecule has 0 unspecified atom stereocenters. The maximum Gasteiger partial charge on any atom is 0.221 e. The molecule has 2 aromatic carbocycles. The van der Waals surface area contributed by atoms with Crippen molar-refractivity contribution in [1.82, 2.24) is 0 Å². The molecule has 0 aliphatic rings. The Bertz CT molecular complexity index is 862. The molecular weight excluding hydrogens is 348 g/mol. The molecule has 2 N–H and O–H groups in total. The van der Waals surface area contributed by atoms with E-state index >= 15 is 0 Å². The van der Waals surface area contributed by atoms with Crippen molar-refractivity contribution in [2.45, 2.75) is 32.6 Å². The summed E-state index contributed by atoms with van der Waals surface area (Å²) in [6.07, 6.45) is 0. The van der Waals surface area contributed by atoms with Crippen molar-refractivity contribution in [3.63, 3.8) is 0 Å². The third-order valence-electron chi connectivity index (χ3n) is 3.80. The van der Waals surface area contributed by atoms with Gasteiger partial charge in [0.25, 0.3) is 0 Å². The van der Waals surface area contributed by atoms with Gasteiger partial charge in [-0.25, -0.2) is 0 Å². The molecule has 0 fully saturated rings. The summed E-state index contributed by atoms with van der Waals surface area (Å²) in [5, 5.41) is 5.31. The van der Waals surface area contributed by atoms with Crippen LogP contribution in [-0.2, 0) is 9.59 Å². The molecule has 2 aromatic rings. The molecule has 0 radical (unpaired) electrons. The SMILES string of the molecule is CC(=O)Nc1ccc(C(=O)CSc2ccc(C)c(C)c2)c(NC(C)=O)c1. The fraction of sp³-hybridized carbons (Fsp3) is 0.250. The van der Waals surface area contributed by atoms with Gasteiger partial charge in [0.15, 0.2) is 5.78 Å². The predicted octanol–water partition coefficient (Wildman–Crippen LogP) is 4.20. The van der Waals surface area contributed by atoms with E-state index in [1.54, 1.807) is 18.2 Å². The molecule has 0 spiro atoms. The fourth-order valence-corrected chi connectivity index (χ4v) is 3.27. The lowest BCUT2D eigenvalue weighted by molar-refractivity contribution is -0.115. The third kappa shape index (κ3) is 5.46. The van der Waals surface area contributed by atoms with Crippen LogP contribution in [0.3, 0.4) is 0 Å². The summed E-state index contributed by atoms with van der Waals surface area (Å²) in [5.74, 6) is -0.329. The zero-order valence-electron chi connectivity index (χ0n) is 15.3. The number of amides is 2. The molecule has 26 heavy (non-hydrogen) atoms. The Hall–Kier alpha value is -2.60. The summed E-state index contributed by atoms with van der Waals surface area (Å²) in [4.78, 5) is 36.3. The molecule has 136 valence electrons. The van der Waals surface area contributed by atoms with Gasteiger partial charge >= 0.3 is 0 Å². The highest BCUT2D eigenvalue weighted by atomic mass is 32.2. The van der Waals surface area contributed by atoms with E-state index in [2.05, 4.69) is 16.7 Å². The lowest BCUT2D eigenvalue weighted by Crippen LogP contribution is -2.14. The number of hydrogen-bond acceptors (Lipinski definition) is 4. The van der Waals surface area contributed by atoms with Gasteiger partial charge in [-0.05, 0) is 55.3 Å². The number of hydrogen-bond donors (Lipinski definition) is 2. The van der Waals surface area contributed by atoms with Crippen molar-refractivity contribution in [1.29, 1.82) is 0 Å². The lowest BCUT2D eigenvalue weighted by Gasteiger charge is -2.12. The Balaban J connectivity index is 2.18. The number of carbonyl (C=O) groups is 3. The third-order valence-corrected chi connectivity index (χ3v) is 4.79. The molecule has 0 aromatic heterocycles. The number of anilines is 2. The highest BCUT2D eigenvalue weighted by molar-refractivity contribution is 8.00. The zero-order chi connectivity index (χ0) is 19.3. The number of benzene rings is 2. The Kier molecular flexibility index (Phi) is 6.58. The maximum atomic E-state index is 12.6. The van der Waals surface area contributed by atoms with E-state index in [0.29, 0.717) is 16.9 Å². The number of thioether (sulfide) groups is 1. The Labute approximate surface area is 157 Å². The molecule has 6 heteroatoms. The second kappa shape index (κ2) is 8.67. The molecule has 2 amide bonds. The van der Waals surface area contributed by atoms with Crippen LogP contribution in [0.1, 0.15) is 35.3 Å². The summed E-state index contributed by atoms with van der Waals surface area (Å²) in [5.41, 5.74) is 3.74. The van der Waals surface area contributed by atoms with Crippen LogP contribution in [0, 0.1) is 13.8 Å². The first-order chi connectivity index (χ1) is 12.3. The summed E-state index contributed by atoms with van der Waals surface area (Å²) in [6.45, 7) is 6.86. The van der Waals surface area contributed by atoms with Crippen LogP contribution < -0.4 is 10.6 Å². The standard InChI is InChI=1S/C20H22N2O3S/c1-12-5-7-17(9-13(12)2)26-11-20(25)18-8-6-16(21-14(3)23)10-19(18)22-15(4)24/h5-10H,11H2,1-4H3,(H,21,23)(H,22,24). The lowest BCUT2D eigenvalue weighted by atomic mass is 10.1. The van der Waals surface area contributed by atoms with Gasteiger partial charge in [0, 0.05) is 30.0 Å². The molecule has 0 aliphatic heterocycles. The average molecular weight is 370 g/mol. The first-order valence-corrected chi connectivity index (χ1v) is 9.17. The number of rotatable bonds is 6. The van der Waals surface area contributed by atoms with Crippen LogP contribution in [0.15, 0.2) is 41.3 Å². The normalized spacial score (nSPS) is 10.3. The predicted molar refractivity (Wildman–Crippen MR) is 106 cm³/mol. The molecule has 5 nitrogen and oxygen atoms in total. The number of carbonyl (C=O) groups excluding carboxylic acids is 3. The van der Waals surface area contributed by atoms with Crippen molar-refractivity contribution in [3.05, 3.63) is 53.1 Å². The van der Waals surface area contributed by atoms with Gasteiger partial charge in [0.05, 0.1) is 11.4 Å². The second-order valence-corrected chi connectivity index (χ2v) is 7.13. The molecule has 0 bridgehead atoms. The molecule has 0 saturated carbocycles. The van der Waals surface area contributed by atoms with Crippen LogP contribution in [0.2, 0.25) is 0 Å². The molecule has 2 rings (SSSR count). The van der Waals surface area contributed by atoms with Crippen molar-refractivity contribution >= 4 is 40.7 Å². The Morgan fingerprint density at radius 2 is 1.58 bits per heavy atom. The zero-order valence-corrected chi connectivity index (χ0v) is 16.1. The van der Waals surface area contributed by atoms with Gasteiger partial charge in [0.2, 0.25) is 11.8 Å². The van der Waals surface area contributed by atoms with Gasteiger partial charge in [-0.1, -0.05) is 6.07 Å². The topological polar surface area (TPSA) is 75.3 Å². The van der Waals surface area contributed by atoms with Crippen molar-refractivity contribution < 1.29 is 14.4 Å². The Morgan fingerprint density at radius 3 is 2.19 bits per heavy atom. The van der Waals surface area contributed by atoms with Gasteiger partial charge in [0.1, 0.15) is 0 Å². The number of Topliss-reactive ketones (excluding diaryl/α,β-unsaturated/α-hetero) is 1. The maximum absolute atomic E-state index is 12.6. The minimum Gasteiger partial charge on any atom is -0.326 e. The van der Waals surface area contributed by atoms with Crippen LogP contribution in [0.25, 0.3) is 0 Å². The minimum atomic E-state index is -0.277. The highest BCUT2D eigenvalue weighted by Crippen LogP contribution is 2.26. The number of ketones is 1. The smallest absolute Gasteiger partial charge is 0.221 e. The average Bonchev–Trinajstić information content (AvgIpc) is 2.55. The highest BCUT2D eigenvalue weighted by Gasteiger charge is 2.14. The van der Waals surface area contributed by atoms with Gasteiger partial charge in [-0.3, -0.25) is 14.4 Å². The number of nitrogens with one attached hydrogen (secondary N) is 2. The van der Waals surface area contributed by atoms with E-state index in [-0.39, 0.29) is 23.4 Å². The fourth-order valence-electron chi connectivity index (χ4n) is 2.39. The van der Waals surface area contributed by atoms with Crippen LogP contribution >= 0.6 is 11.8 Å². The van der Waals surface area contributed by atoms with Gasteiger partial charge in [-0.2, -0.15) is 0 Å². The molecule has 0 saturated heterocycles. The first kappa shape index (κ1) is 19.7. The summed E-state index contributed by atoms with van der Waals surface area (Å²) >= 11 is 1.46. The molecule has 0 atom stereocenters. The van der Waals surface area contributed by atoms with Crippen molar-refractivity contribution in [2.24, 2.45) is 0 Å². The summed E-state index contributed by atoms with van der Waals surface area (Å²) in [7, 11) is 0. The van der Waals surface area contributed by atoms with E-state index in [4.69, 9.17) is 0 Å². The summed E-state index contributed by atoms with van der Waals surface area (Å²) < 4.78 is 0.